The Morgan fingerprint density at radius 2 is 1.92 bits per heavy atom. The average Bonchev–Trinajstić information content (AvgIpc) is 3.36. The standard InChI is InChI=1S/C30H27N7O2/c1-19(34-20(2)28-29(31)35-26(39-4)17-32-28)25-15-23-10-8-9-22(14-13-21-16-33-36(3)18-21)27(23)30(38)37(25)24-11-6-5-7-12-24/h5-12,15-19,34H,2H2,1,3-4H3,(H2,31,35)/t19-/m0/s1. The second kappa shape index (κ2) is 10.6. The number of aromatic nitrogens is 5. The van der Waals surface area contributed by atoms with E-state index in [4.69, 9.17) is 10.5 Å². The number of ether oxygens (including phenoxy) is 1. The fourth-order valence-corrected chi connectivity index (χ4v) is 4.39. The highest BCUT2D eigenvalue weighted by molar-refractivity contribution is 5.88. The molecule has 9 nitrogen and oxygen atoms in total. The SMILES string of the molecule is C=C(N[C@@H](C)c1cc2cccc(C#Cc3cnn(C)c3)c2c(=O)n1-c1ccccc1)c1ncc(OC)nc1N. The van der Waals surface area contributed by atoms with E-state index in [1.165, 1.54) is 13.3 Å². The summed E-state index contributed by atoms with van der Waals surface area (Å²) < 4.78 is 8.49. The molecule has 0 fully saturated rings. The van der Waals surface area contributed by atoms with Gasteiger partial charge in [-0.1, -0.05) is 48.8 Å². The van der Waals surface area contributed by atoms with Gasteiger partial charge in [0.25, 0.3) is 5.56 Å². The summed E-state index contributed by atoms with van der Waals surface area (Å²) in [6.45, 7) is 6.06. The molecule has 5 aromatic rings. The normalized spacial score (nSPS) is 11.5. The van der Waals surface area contributed by atoms with Crippen LogP contribution in [0.1, 0.15) is 35.5 Å². The van der Waals surface area contributed by atoms with Gasteiger partial charge < -0.3 is 15.8 Å². The number of rotatable bonds is 6. The largest absolute Gasteiger partial charge is 0.480 e. The zero-order valence-electron chi connectivity index (χ0n) is 21.8. The summed E-state index contributed by atoms with van der Waals surface area (Å²) in [5.41, 5.74) is 9.68. The number of methoxy groups -OCH3 is 1. The third-order valence-corrected chi connectivity index (χ3v) is 6.24. The third-order valence-electron chi connectivity index (χ3n) is 6.24. The van der Waals surface area contributed by atoms with Crippen LogP contribution in [0.25, 0.3) is 22.2 Å². The summed E-state index contributed by atoms with van der Waals surface area (Å²) >= 11 is 0. The minimum atomic E-state index is -0.344. The molecule has 0 amide bonds. The maximum Gasteiger partial charge on any atom is 0.264 e. The van der Waals surface area contributed by atoms with E-state index in [1.807, 2.05) is 74.8 Å². The molecule has 39 heavy (non-hydrogen) atoms. The number of hydrogen-bond donors (Lipinski definition) is 2. The summed E-state index contributed by atoms with van der Waals surface area (Å²) in [5, 5.41) is 8.83. The summed E-state index contributed by atoms with van der Waals surface area (Å²) in [7, 11) is 3.33. The fraction of sp³-hybridized carbons (Fsp3) is 0.133. The van der Waals surface area contributed by atoms with Crippen molar-refractivity contribution in [3.05, 3.63) is 113 Å². The van der Waals surface area contributed by atoms with Gasteiger partial charge in [-0.15, -0.1) is 0 Å². The molecule has 3 N–H and O–H groups in total. The summed E-state index contributed by atoms with van der Waals surface area (Å²) in [6, 6.07) is 16.8. The van der Waals surface area contributed by atoms with Crippen molar-refractivity contribution in [1.29, 1.82) is 0 Å². The van der Waals surface area contributed by atoms with Crippen molar-refractivity contribution in [2.75, 3.05) is 12.8 Å². The number of fused-ring (bicyclic) bond motifs is 1. The molecule has 0 aliphatic heterocycles. The van der Waals surface area contributed by atoms with Crippen LogP contribution in [0, 0.1) is 11.8 Å². The minimum absolute atomic E-state index is 0.173. The van der Waals surface area contributed by atoms with Gasteiger partial charge in [-0.2, -0.15) is 10.1 Å². The molecule has 0 saturated carbocycles. The lowest BCUT2D eigenvalue weighted by Gasteiger charge is -2.23. The third kappa shape index (κ3) is 5.08. The van der Waals surface area contributed by atoms with Crippen molar-refractivity contribution in [1.82, 2.24) is 29.6 Å². The Hall–Kier alpha value is -5.36. The van der Waals surface area contributed by atoms with Crippen molar-refractivity contribution >= 4 is 22.3 Å². The number of nitrogens with one attached hydrogen (secondary N) is 1. The lowest BCUT2D eigenvalue weighted by atomic mass is 10.0. The van der Waals surface area contributed by atoms with Gasteiger partial charge in [-0.3, -0.25) is 14.0 Å². The molecule has 194 valence electrons. The highest BCUT2D eigenvalue weighted by atomic mass is 16.5. The van der Waals surface area contributed by atoms with E-state index in [-0.39, 0.29) is 17.4 Å². The Morgan fingerprint density at radius 3 is 2.62 bits per heavy atom. The first-order chi connectivity index (χ1) is 18.9. The molecule has 2 aromatic carbocycles. The molecule has 0 unspecified atom stereocenters. The molecule has 0 spiro atoms. The van der Waals surface area contributed by atoms with Gasteiger partial charge in [-0.05, 0) is 36.6 Å². The zero-order chi connectivity index (χ0) is 27.5. The maximum absolute atomic E-state index is 14.1. The highest BCUT2D eigenvalue weighted by Crippen LogP contribution is 2.25. The lowest BCUT2D eigenvalue weighted by molar-refractivity contribution is 0.396. The molecule has 0 aliphatic carbocycles. The number of anilines is 1. The smallest absolute Gasteiger partial charge is 0.264 e. The van der Waals surface area contributed by atoms with Crippen molar-refractivity contribution in [2.24, 2.45) is 7.05 Å². The first-order valence-corrected chi connectivity index (χ1v) is 12.2. The van der Waals surface area contributed by atoms with Crippen LogP contribution in [0.15, 0.2) is 84.6 Å². The number of nitrogens with two attached hydrogens (primary N) is 1. The first kappa shape index (κ1) is 25.3. The number of nitrogens with zero attached hydrogens (tertiary/aromatic N) is 5. The van der Waals surface area contributed by atoms with Crippen molar-refractivity contribution in [3.8, 4) is 23.4 Å². The topological polar surface area (TPSA) is 113 Å². The fourth-order valence-electron chi connectivity index (χ4n) is 4.39. The number of hydrogen-bond acceptors (Lipinski definition) is 7. The van der Waals surface area contributed by atoms with Crippen LogP contribution in [0.3, 0.4) is 0 Å². The summed E-state index contributed by atoms with van der Waals surface area (Å²) in [6.07, 6.45) is 5.00. The molecule has 0 aliphatic rings. The quantitative estimate of drug-likeness (QED) is 0.329. The minimum Gasteiger partial charge on any atom is -0.480 e. The van der Waals surface area contributed by atoms with E-state index in [0.717, 1.165) is 22.3 Å². The summed E-state index contributed by atoms with van der Waals surface area (Å²) in [4.78, 5) is 22.7. The molecule has 0 saturated heterocycles. The van der Waals surface area contributed by atoms with Crippen LogP contribution < -0.4 is 21.3 Å². The van der Waals surface area contributed by atoms with E-state index in [1.54, 1.807) is 15.4 Å². The Labute approximate surface area is 225 Å². The van der Waals surface area contributed by atoms with Gasteiger partial charge in [0.15, 0.2) is 5.82 Å². The van der Waals surface area contributed by atoms with Crippen molar-refractivity contribution < 1.29 is 4.74 Å². The van der Waals surface area contributed by atoms with Crippen LogP contribution in [0.2, 0.25) is 0 Å². The summed E-state index contributed by atoms with van der Waals surface area (Å²) in [5.74, 6) is 6.79. The van der Waals surface area contributed by atoms with Crippen LogP contribution in [0.4, 0.5) is 5.82 Å². The van der Waals surface area contributed by atoms with Crippen LogP contribution >= 0.6 is 0 Å². The Balaban J connectivity index is 1.62. The van der Waals surface area contributed by atoms with Gasteiger partial charge in [0, 0.05) is 30.2 Å². The van der Waals surface area contributed by atoms with E-state index in [2.05, 4.69) is 38.8 Å². The van der Waals surface area contributed by atoms with Crippen LogP contribution in [0.5, 0.6) is 5.88 Å². The van der Waals surface area contributed by atoms with Crippen LogP contribution in [-0.2, 0) is 7.05 Å². The van der Waals surface area contributed by atoms with Gasteiger partial charge >= 0.3 is 0 Å². The monoisotopic (exact) mass is 517 g/mol. The predicted octanol–water partition coefficient (Wildman–Crippen LogP) is 3.83. The van der Waals surface area contributed by atoms with Gasteiger partial charge in [0.05, 0.1) is 42.2 Å². The van der Waals surface area contributed by atoms with E-state index in [9.17, 15) is 4.79 Å². The molecule has 0 bridgehead atoms. The number of benzene rings is 2. The van der Waals surface area contributed by atoms with Gasteiger partial charge in [-0.25, -0.2) is 4.98 Å². The molecule has 9 heteroatoms. The Kier molecular flexibility index (Phi) is 6.85. The molecule has 0 radical (unpaired) electrons. The van der Waals surface area contributed by atoms with Gasteiger partial charge in [0.2, 0.25) is 5.88 Å². The van der Waals surface area contributed by atoms with Gasteiger partial charge in [0.1, 0.15) is 5.69 Å². The number of aryl methyl sites for hydroxylation is 1. The molecule has 3 aromatic heterocycles. The number of pyridine rings is 1. The Morgan fingerprint density at radius 1 is 1.13 bits per heavy atom. The van der Waals surface area contributed by atoms with E-state index < -0.39 is 0 Å². The second-order valence-electron chi connectivity index (χ2n) is 8.96. The van der Waals surface area contributed by atoms with E-state index >= 15 is 0 Å². The zero-order valence-corrected chi connectivity index (χ0v) is 21.8. The average molecular weight is 518 g/mol. The maximum atomic E-state index is 14.1. The molecule has 1 atom stereocenters. The predicted molar refractivity (Wildman–Crippen MR) is 152 cm³/mol. The van der Waals surface area contributed by atoms with Crippen molar-refractivity contribution in [2.45, 2.75) is 13.0 Å². The number of para-hydroxylation sites is 1. The molecular weight excluding hydrogens is 490 g/mol. The molecule has 5 rings (SSSR count). The lowest BCUT2D eigenvalue weighted by Crippen LogP contribution is -2.28. The van der Waals surface area contributed by atoms with E-state index in [0.29, 0.717) is 28.2 Å². The molecular formula is C30H27N7O2. The highest BCUT2D eigenvalue weighted by Gasteiger charge is 2.19. The Bertz CT molecular complexity index is 1810. The van der Waals surface area contributed by atoms with Crippen molar-refractivity contribution in [3.63, 3.8) is 0 Å². The number of nitrogen functional groups attached to an aromatic ring is 1. The first-order valence-electron chi connectivity index (χ1n) is 12.2. The molecule has 3 heterocycles. The second-order valence-corrected chi connectivity index (χ2v) is 8.96. The van der Waals surface area contributed by atoms with Crippen LogP contribution in [-0.4, -0.2) is 31.4 Å².